The summed E-state index contributed by atoms with van der Waals surface area (Å²) >= 11 is 0. The van der Waals surface area contributed by atoms with E-state index < -0.39 is 15.9 Å². The number of nitrogens with one attached hydrogen (secondary N) is 2. The van der Waals surface area contributed by atoms with Crippen molar-refractivity contribution in [1.29, 1.82) is 0 Å². The number of hydrogen-bond donors (Lipinski definition) is 2. The number of ether oxygens (including phenoxy) is 1. The van der Waals surface area contributed by atoms with Crippen LogP contribution in [-0.2, 0) is 10.0 Å². The Balaban J connectivity index is 1.88. The molecule has 2 heterocycles. The van der Waals surface area contributed by atoms with E-state index in [1.54, 1.807) is 24.5 Å². The van der Waals surface area contributed by atoms with Crippen LogP contribution in [0.3, 0.4) is 0 Å². The summed E-state index contributed by atoms with van der Waals surface area (Å²) in [5.41, 5.74) is 0.983. The molecule has 0 aliphatic carbocycles. The Morgan fingerprint density at radius 1 is 1.23 bits per heavy atom. The van der Waals surface area contributed by atoms with Gasteiger partial charge in [0.1, 0.15) is 23.6 Å². The zero-order valence-electron chi connectivity index (χ0n) is 17.7. The molecule has 0 fully saturated rings. The molecule has 0 radical (unpaired) electrons. The lowest BCUT2D eigenvalue weighted by atomic mass is 10.1. The summed E-state index contributed by atoms with van der Waals surface area (Å²) < 4.78 is 33.3. The molecule has 0 bridgehead atoms. The van der Waals surface area contributed by atoms with Crippen molar-refractivity contribution in [3.8, 4) is 17.3 Å². The predicted octanol–water partition coefficient (Wildman–Crippen LogP) is 2.94. The van der Waals surface area contributed by atoms with Gasteiger partial charge >= 0.3 is 0 Å². The number of carbonyl (C=O) groups is 1. The average Bonchev–Trinajstić information content (AvgIpc) is 3.24. The quantitative estimate of drug-likeness (QED) is 0.546. The van der Waals surface area contributed by atoms with Crippen LogP contribution < -0.4 is 14.8 Å². The maximum atomic E-state index is 12.9. The standard InChI is InChI=1S/C20H24N6O4S/c1-5-31(28,29)25-14-9-10-17(30-4)15(11-14)20(27)23-18-8-6-7-16(22-18)19-24-21-12-26(19)13(2)3/h6-13,25H,5H2,1-4H3,(H,22,23,27). The van der Waals surface area contributed by atoms with Gasteiger partial charge in [-0.3, -0.25) is 9.52 Å². The van der Waals surface area contributed by atoms with E-state index in [4.69, 9.17) is 4.74 Å². The summed E-state index contributed by atoms with van der Waals surface area (Å²) in [6.45, 7) is 5.54. The minimum absolute atomic E-state index is 0.0851. The zero-order valence-corrected chi connectivity index (χ0v) is 18.5. The second-order valence-electron chi connectivity index (χ2n) is 6.94. The maximum Gasteiger partial charge on any atom is 0.260 e. The minimum Gasteiger partial charge on any atom is -0.496 e. The molecule has 11 heteroatoms. The number of methoxy groups -OCH3 is 1. The lowest BCUT2D eigenvalue weighted by molar-refractivity contribution is 0.102. The Bertz CT molecular complexity index is 1190. The van der Waals surface area contributed by atoms with E-state index in [2.05, 4.69) is 25.2 Å². The second-order valence-corrected chi connectivity index (χ2v) is 8.95. The number of aromatic nitrogens is 4. The fourth-order valence-electron chi connectivity index (χ4n) is 2.82. The van der Waals surface area contributed by atoms with Crippen LogP contribution in [0, 0.1) is 0 Å². The zero-order chi connectivity index (χ0) is 22.6. The van der Waals surface area contributed by atoms with Crippen molar-refractivity contribution >= 4 is 27.4 Å². The first-order valence-corrected chi connectivity index (χ1v) is 11.3. The normalized spacial score (nSPS) is 11.4. The SMILES string of the molecule is CCS(=O)(=O)Nc1ccc(OC)c(C(=O)Nc2cccc(-c3nncn3C(C)C)n2)c1. The molecule has 3 rings (SSSR count). The van der Waals surface area contributed by atoms with E-state index >= 15 is 0 Å². The molecule has 10 nitrogen and oxygen atoms in total. The summed E-state index contributed by atoms with van der Waals surface area (Å²) in [5.74, 6) is 0.609. The Hall–Kier alpha value is -3.47. The molecular formula is C20H24N6O4S. The van der Waals surface area contributed by atoms with Crippen molar-refractivity contribution in [2.45, 2.75) is 26.8 Å². The molecule has 164 valence electrons. The van der Waals surface area contributed by atoms with Gasteiger partial charge in [-0.15, -0.1) is 10.2 Å². The number of benzene rings is 1. The second kappa shape index (κ2) is 9.13. The number of nitrogens with zero attached hydrogens (tertiary/aromatic N) is 4. The molecule has 2 aromatic heterocycles. The summed E-state index contributed by atoms with van der Waals surface area (Å²) in [5, 5.41) is 10.8. The summed E-state index contributed by atoms with van der Waals surface area (Å²) in [4.78, 5) is 17.4. The van der Waals surface area contributed by atoms with Crippen LogP contribution >= 0.6 is 0 Å². The number of sulfonamides is 1. The molecule has 1 amide bonds. The van der Waals surface area contributed by atoms with Gasteiger partial charge in [0.05, 0.1) is 18.4 Å². The topological polar surface area (TPSA) is 128 Å². The first kappa shape index (κ1) is 22.2. The molecule has 3 aromatic rings. The van der Waals surface area contributed by atoms with Gasteiger partial charge in [0.25, 0.3) is 5.91 Å². The molecule has 0 saturated heterocycles. The number of anilines is 2. The highest BCUT2D eigenvalue weighted by molar-refractivity contribution is 7.92. The van der Waals surface area contributed by atoms with Crippen molar-refractivity contribution in [3.63, 3.8) is 0 Å². The molecule has 0 saturated carbocycles. The number of amides is 1. The third-order valence-corrected chi connectivity index (χ3v) is 5.75. The van der Waals surface area contributed by atoms with Crippen molar-refractivity contribution in [2.24, 2.45) is 0 Å². The van der Waals surface area contributed by atoms with Gasteiger partial charge in [0, 0.05) is 11.7 Å². The van der Waals surface area contributed by atoms with E-state index in [0.717, 1.165) is 0 Å². The summed E-state index contributed by atoms with van der Waals surface area (Å²) in [6.07, 6.45) is 1.63. The van der Waals surface area contributed by atoms with E-state index in [1.165, 1.54) is 32.2 Å². The van der Waals surface area contributed by atoms with Crippen molar-refractivity contribution < 1.29 is 17.9 Å². The number of carbonyl (C=O) groups excluding carboxylic acids is 1. The Morgan fingerprint density at radius 2 is 2.00 bits per heavy atom. The van der Waals surface area contributed by atoms with Crippen LogP contribution in [0.2, 0.25) is 0 Å². The van der Waals surface area contributed by atoms with Gasteiger partial charge in [0.2, 0.25) is 10.0 Å². The Kier molecular flexibility index (Phi) is 6.54. The van der Waals surface area contributed by atoms with Crippen LogP contribution in [0.4, 0.5) is 11.5 Å². The first-order valence-electron chi connectivity index (χ1n) is 9.61. The van der Waals surface area contributed by atoms with E-state index in [9.17, 15) is 13.2 Å². The van der Waals surface area contributed by atoms with Crippen molar-refractivity contribution in [3.05, 3.63) is 48.3 Å². The fourth-order valence-corrected chi connectivity index (χ4v) is 3.45. The Labute approximate surface area is 180 Å². The smallest absolute Gasteiger partial charge is 0.260 e. The molecule has 0 aliphatic heterocycles. The van der Waals surface area contributed by atoms with Crippen LogP contribution in [0.1, 0.15) is 37.2 Å². The maximum absolute atomic E-state index is 12.9. The molecule has 1 aromatic carbocycles. The van der Waals surface area contributed by atoms with Gasteiger partial charge in [-0.2, -0.15) is 0 Å². The molecule has 31 heavy (non-hydrogen) atoms. The summed E-state index contributed by atoms with van der Waals surface area (Å²) in [6, 6.07) is 9.79. The van der Waals surface area contributed by atoms with Crippen molar-refractivity contribution in [1.82, 2.24) is 19.7 Å². The summed E-state index contributed by atoms with van der Waals surface area (Å²) in [7, 11) is -2.06. The Morgan fingerprint density at radius 3 is 2.68 bits per heavy atom. The van der Waals surface area contributed by atoms with Gasteiger partial charge < -0.3 is 14.6 Å². The molecule has 2 N–H and O–H groups in total. The van der Waals surface area contributed by atoms with Crippen LogP contribution in [-0.4, -0.2) is 46.9 Å². The van der Waals surface area contributed by atoms with Crippen LogP contribution in [0.25, 0.3) is 11.5 Å². The van der Waals surface area contributed by atoms with Gasteiger partial charge in [0.15, 0.2) is 5.82 Å². The number of rotatable bonds is 8. The third kappa shape index (κ3) is 5.18. The third-order valence-electron chi connectivity index (χ3n) is 4.45. The monoisotopic (exact) mass is 444 g/mol. The number of pyridine rings is 1. The molecule has 0 atom stereocenters. The molecule has 0 aliphatic rings. The largest absolute Gasteiger partial charge is 0.496 e. The molecular weight excluding hydrogens is 420 g/mol. The fraction of sp³-hybridized carbons (Fsp3) is 0.300. The highest BCUT2D eigenvalue weighted by Gasteiger charge is 2.17. The van der Waals surface area contributed by atoms with Crippen LogP contribution in [0.15, 0.2) is 42.7 Å². The van der Waals surface area contributed by atoms with Gasteiger partial charge in [-0.05, 0) is 51.1 Å². The van der Waals surface area contributed by atoms with Crippen LogP contribution in [0.5, 0.6) is 5.75 Å². The lowest BCUT2D eigenvalue weighted by Gasteiger charge is -2.13. The van der Waals surface area contributed by atoms with Crippen molar-refractivity contribution in [2.75, 3.05) is 22.9 Å². The van der Waals surface area contributed by atoms with E-state index in [1.807, 2.05) is 18.4 Å². The average molecular weight is 445 g/mol. The minimum atomic E-state index is -3.49. The lowest BCUT2D eigenvalue weighted by Crippen LogP contribution is -2.17. The highest BCUT2D eigenvalue weighted by atomic mass is 32.2. The van der Waals surface area contributed by atoms with Gasteiger partial charge in [-0.25, -0.2) is 13.4 Å². The highest BCUT2D eigenvalue weighted by Crippen LogP contribution is 2.25. The first-order chi connectivity index (χ1) is 14.7. The molecule has 0 unspecified atom stereocenters. The molecule has 0 spiro atoms. The van der Waals surface area contributed by atoms with E-state index in [0.29, 0.717) is 23.1 Å². The van der Waals surface area contributed by atoms with E-state index in [-0.39, 0.29) is 23.0 Å². The predicted molar refractivity (Wildman–Crippen MR) is 118 cm³/mol. The number of hydrogen-bond acceptors (Lipinski definition) is 7. The van der Waals surface area contributed by atoms with Gasteiger partial charge in [-0.1, -0.05) is 6.07 Å².